The van der Waals surface area contributed by atoms with E-state index in [0.29, 0.717) is 5.69 Å². The van der Waals surface area contributed by atoms with Crippen molar-refractivity contribution in [2.24, 2.45) is 0 Å². The van der Waals surface area contributed by atoms with Crippen LogP contribution in [0.1, 0.15) is 12.5 Å². The molecule has 0 atom stereocenters. The second kappa shape index (κ2) is 9.62. The molecule has 0 unspecified atom stereocenters. The third kappa shape index (κ3) is 5.72. The maximum absolute atomic E-state index is 12.7. The molecule has 0 aliphatic carbocycles. The van der Waals surface area contributed by atoms with Crippen LogP contribution in [0.5, 0.6) is 0 Å². The molecule has 0 radical (unpaired) electrons. The van der Waals surface area contributed by atoms with E-state index in [1.165, 1.54) is 24.8 Å². The van der Waals surface area contributed by atoms with E-state index in [2.05, 4.69) is 14.9 Å². The van der Waals surface area contributed by atoms with Crippen molar-refractivity contribution in [1.82, 2.24) is 4.72 Å². The van der Waals surface area contributed by atoms with Crippen molar-refractivity contribution in [3.8, 4) is 0 Å². The van der Waals surface area contributed by atoms with Gasteiger partial charge in [0, 0.05) is 37.1 Å². The topological polar surface area (TPSA) is 87.7 Å². The van der Waals surface area contributed by atoms with Crippen LogP contribution in [0.2, 0.25) is 0 Å². The maximum Gasteiger partial charge on any atom is 0.240 e. The van der Waals surface area contributed by atoms with E-state index in [0.717, 1.165) is 42.4 Å². The summed E-state index contributed by atoms with van der Waals surface area (Å²) < 4.78 is 33.4. The smallest absolute Gasteiger partial charge is 0.240 e. The molecule has 1 aliphatic rings. The highest BCUT2D eigenvalue weighted by atomic mass is 32.2. The summed E-state index contributed by atoms with van der Waals surface area (Å²) in [4.78, 5) is 14.6. The number of ether oxygens (including phenoxy) is 1. The van der Waals surface area contributed by atoms with Crippen LogP contribution in [-0.4, -0.2) is 46.9 Å². The Kier molecular flexibility index (Phi) is 7.18. The summed E-state index contributed by atoms with van der Waals surface area (Å²) in [5.74, 6) is -0.247. The van der Waals surface area contributed by atoms with Crippen molar-refractivity contribution in [2.75, 3.05) is 42.8 Å². The van der Waals surface area contributed by atoms with E-state index in [1.807, 2.05) is 30.5 Å². The predicted molar refractivity (Wildman–Crippen MR) is 116 cm³/mol. The van der Waals surface area contributed by atoms with Crippen molar-refractivity contribution in [2.45, 2.75) is 23.3 Å². The number of hydrogen-bond acceptors (Lipinski definition) is 6. The Morgan fingerprint density at radius 3 is 2.45 bits per heavy atom. The largest absolute Gasteiger partial charge is 0.378 e. The number of morpholine rings is 1. The molecule has 1 heterocycles. The molecule has 156 valence electrons. The summed E-state index contributed by atoms with van der Waals surface area (Å²) in [5, 5.41) is 2.68. The Bertz CT molecular complexity index is 956. The molecule has 0 spiro atoms. The Morgan fingerprint density at radius 1 is 1.14 bits per heavy atom. The van der Waals surface area contributed by atoms with Gasteiger partial charge in [0.15, 0.2) is 0 Å². The summed E-state index contributed by atoms with van der Waals surface area (Å²) in [6.07, 6.45) is 1.87. The van der Waals surface area contributed by atoms with Crippen LogP contribution in [0.3, 0.4) is 0 Å². The van der Waals surface area contributed by atoms with Gasteiger partial charge in [-0.1, -0.05) is 12.1 Å². The SMILES string of the molecule is CSc1ccc(S(=O)(=O)NCc2ccc(N3CCOCC3)cc2)cc1NC(C)=O. The molecular weight excluding hydrogens is 410 g/mol. The molecule has 1 fully saturated rings. The average Bonchev–Trinajstić information content (AvgIpc) is 2.73. The third-order valence-electron chi connectivity index (χ3n) is 4.57. The number of carbonyl (C=O) groups excluding carboxylic acids is 1. The van der Waals surface area contributed by atoms with E-state index in [9.17, 15) is 13.2 Å². The molecule has 2 N–H and O–H groups in total. The zero-order chi connectivity index (χ0) is 20.9. The molecule has 0 aromatic heterocycles. The first-order chi connectivity index (χ1) is 13.9. The number of benzene rings is 2. The van der Waals surface area contributed by atoms with Gasteiger partial charge in [-0.25, -0.2) is 13.1 Å². The monoisotopic (exact) mass is 435 g/mol. The third-order valence-corrected chi connectivity index (χ3v) is 6.77. The maximum atomic E-state index is 12.7. The van der Waals surface area contributed by atoms with Crippen molar-refractivity contribution >= 4 is 39.1 Å². The van der Waals surface area contributed by atoms with Gasteiger partial charge in [0.2, 0.25) is 15.9 Å². The predicted octanol–water partition coefficient (Wildman–Crippen LogP) is 2.68. The number of amides is 1. The lowest BCUT2D eigenvalue weighted by Gasteiger charge is -2.28. The molecular formula is C20H25N3O4S2. The number of anilines is 2. The molecule has 29 heavy (non-hydrogen) atoms. The van der Waals surface area contributed by atoms with Crippen molar-refractivity contribution in [1.29, 1.82) is 0 Å². The highest BCUT2D eigenvalue weighted by molar-refractivity contribution is 7.98. The Labute approximate surface area is 175 Å². The molecule has 1 aliphatic heterocycles. The van der Waals surface area contributed by atoms with Crippen LogP contribution in [-0.2, 0) is 26.1 Å². The van der Waals surface area contributed by atoms with Gasteiger partial charge in [0.25, 0.3) is 0 Å². The fraction of sp³-hybridized carbons (Fsp3) is 0.350. The van der Waals surface area contributed by atoms with Crippen LogP contribution >= 0.6 is 11.8 Å². The number of carbonyl (C=O) groups is 1. The van der Waals surface area contributed by atoms with Crippen LogP contribution in [0, 0.1) is 0 Å². The Hall–Kier alpha value is -2.07. The summed E-state index contributed by atoms with van der Waals surface area (Å²) in [6.45, 7) is 4.73. The van der Waals surface area contributed by atoms with E-state index >= 15 is 0 Å². The van der Waals surface area contributed by atoms with Gasteiger partial charge in [-0.15, -0.1) is 11.8 Å². The number of thioether (sulfide) groups is 1. The number of nitrogens with zero attached hydrogens (tertiary/aromatic N) is 1. The highest BCUT2D eigenvalue weighted by Crippen LogP contribution is 2.28. The lowest BCUT2D eigenvalue weighted by Crippen LogP contribution is -2.36. The zero-order valence-electron chi connectivity index (χ0n) is 16.5. The van der Waals surface area contributed by atoms with E-state index in [1.54, 1.807) is 12.1 Å². The minimum atomic E-state index is -3.71. The second-order valence-corrected chi connectivity index (χ2v) is 9.25. The molecule has 7 nitrogen and oxygen atoms in total. The molecule has 2 aromatic carbocycles. The molecule has 2 aromatic rings. The van der Waals surface area contributed by atoms with Crippen LogP contribution < -0.4 is 14.9 Å². The first-order valence-corrected chi connectivity index (χ1v) is 12.0. The van der Waals surface area contributed by atoms with E-state index < -0.39 is 10.0 Å². The molecule has 9 heteroatoms. The fourth-order valence-corrected chi connectivity index (χ4v) is 4.63. The Morgan fingerprint density at radius 2 is 1.83 bits per heavy atom. The first kappa shape index (κ1) is 21.6. The van der Waals surface area contributed by atoms with Crippen molar-refractivity contribution in [3.05, 3.63) is 48.0 Å². The highest BCUT2D eigenvalue weighted by Gasteiger charge is 2.17. The Balaban J connectivity index is 1.68. The van der Waals surface area contributed by atoms with Gasteiger partial charge in [-0.3, -0.25) is 4.79 Å². The number of rotatable bonds is 7. The van der Waals surface area contributed by atoms with Gasteiger partial charge in [0.1, 0.15) is 0 Å². The molecule has 1 amide bonds. The van der Waals surface area contributed by atoms with Gasteiger partial charge < -0.3 is 15.0 Å². The second-order valence-electron chi connectivity index (χ2n) is 6.63. The minimum Gasteiger partial charge on any atom is -0.378 e. The summed E-state index contributed by atoms with van der Waals surface area (Å²) >= 11 is 1.44. The van der Waals surface area contributed by atoms with Gasteiger partial charge in [-0.05, 0) is 42.2 Å². The number of nitrogens with one attached hydrogen (secondary N) is 2. The normalized spacial score (nSPS) is 14.6. The first-order valence-electron chi connectivity index (χ1n) is 9.26. The zero-order valence-corrected chi connectivity index (χ0v) is 18.1. The fourth-order valence-electron chi connectivity index (χ4n) is 3.05. The van der Waals surface area contributed by atoms with Crippen LogP contribution in [0.4, 0.5) is 11.4 Å². The number of sulfonamides is 1. The quantitative estimate of drug-likeness (QED) is 0.650. The van der Waals surface area contributed by atoms with Crippen LogP contribution in [0.15, 0.2) is 52.3 Å². The van der Waals surface area contributed by atoms with E-state index in [-0.39, 0.29) is 17.3 Å². The van der Waals surface area contributed by atoms with Crippen molar-refractivity contribution in [3.63, 3.8) is 0 Å². The lowest BCUT2D eigenvalue weighted by molar-refractivity contribution is -0.114. The van der Waals surface area contributed by atoms with E-state index in [4.69, 9.17) is 4.74 Å². The standard InChI is InChI=1S/C20H25N3O4S2/c1-15(24)22-19-13-18(7-8-20(19)28-2)29(25,26)21-14-16-3-5-17(6-4-16)23-9-11-27-12-10-23/h3-8,13,21H,9-12,14H2,1-2H3,(H,22,24). The average molecular weight is 436 g/mol. The summed E-state index contributed by atoms with van der Waals surface area (Å²) in [5.41, 5.74) is 2.46. The van der Waals surface area contributed by atoms with Crippen LogP contribution in [0.25, 0.3) is 0 Å². The molecule has 0 saturated carbocycles. The summed E-state index contributed by atoms with van der Waals surface area (Å²) in [7, 11) is -3.71. The molecule has 0 bridgehead atoms. The lowest BCUT2D eigenvalue weighted by atomic mass is 10.2. The van der Waals surface area contributed by atoms with Gasteiger partial charge >= 0.3 is 0 Å². The summed E-state index contributed by atoms with van der Waals surface area (Å²) in [6, 6.07) is 12.6. The number of hydrogen-bond donors (Lipinski definition) is 2. The molecule has 3 rings (SSSR count). The van der Waals surface area contributed by atoms with Crippen molar-refractivity contribution < 1.29 is 17.9 Å². The van der Waals surface area contributed by atoms with Gasteiger partial charge in [0.05, 0.1) is 23.8 Å². The minimum absolute atomic E-state index is 0.115. The van der Waals surface area contributed by atoms with Gasteiger partial charge in [-0.2, -0.15) is 0 Å². The molecule has 1 saturated heterocycles.